The highest BCUT2D eigenvalue weighted by molar-refractivity contribution is 5.82. The molecule has 1 unspecified atom stereocenters. The van der Waals surface area contributed by atoms with E-state index in [1.165, 1.54) is 13.2 Å². The summed E-state index contributed by atoms with van der Waals surface area (Å²) in [6.45, 7) is 6.57. The van der Waals surface area contributed by atoms with Crippen LogP contribution in [0.5, 0.6) is 0 Å². The third-order valence-electron chi connectivity index (χ3n) is 4.07. The number of hydrogen-bond donors (Lipinski definition) is 1. The molecule has 2 rings (SSSR count). The van der Waals surface area contributed by atoms with Crippen molar-refractivity contribution in [1.82, 2.24) is 10.2 Å². The van der Waals surface area contributed by atoms with Gasteiger partial charge in [0.2, 0.25) is 0 Å². The number of methoxy groups -OCH3 is 1. The van der Waals surface area contributed by atoms with Crippen LogP contribution in [0, 0.1) is 12.7 Å². The van der Waals surface area contributed by atoms with Crippen LogP contribution in [0.4, 0.5) is 4.39 Å². The van der Waals surface area contributed by atoms with Gasteiger partial charge in [-0.3, -0.25) is 4.90 Å². The third-order valence-corrected chi connectivity index (χ3v) is 4.07. The van der Waals surface area contributed by atoms with Crippen molar-refractivity contribution < 1.29 is 13.9 Å². The number of aryl methyl sites for hydroxylation is 1. The monoisotopic (exact) mass is 280 g/mol. The van der Waals surface area contributed by atoms with Crippen LogP contribution in [-0.4, -0.2) is 44.2 Å². The van der Waals surface area contributed by atoms with Gasteiger partial charge in [0.15, 0.2) is 0 Å². The summed E-state index contributed by atoms with van der Waals surface area (Å²) in [4.78, 5) is 14.4. The van der Waals surface area contributed by atoms with Gasteiger partial charge in [-0.05, 0) is 31.0 Å². The molecule has 0 saturated carbocycles. The summed E-state index contributed by atoms with van der Waals surface area (Å²) >= 11 is 0. The zero-order valence-electron chi connectivity index (χ0n) is 12.2. The summed E-state index contributed by atoms with van der Waals surface area (Å²) in [7, 11) is 1.37. The average Bonchev–Trinajstić information content (AvgIpc) is 2.49. The molecule has 0 radical (unpaired) electrons. The Morgan fingerprint density at radius 2 is 2.05 bits per heavy atom. The molecule has 1 heterocycles. The molecule has 1 aromatic rings. The van der Waals surface area contributed by atoms with Gasteiger partial charge in [0.1, 0.15) is 11.4 Å². The van der Waals surface area contributed by atoms with Crippen molar-refractivity contribution in [3.8, 4) is 0 Å². The molecule has 1 aliphatic rings. The van der Waals surface area contributed by atoms with Crippen LogP contribution in [0.2, 0.25) is 0 Å². The molecule has 1 N–H and O–H groups in total. The Labute approximate surface area is 118 Å². The maximum atomic E-state index is 13.9. The van der Waals surface area contributed by atoms with Crippen LogP contribution in [0.3, 0.4) is 0 Å². The molecule has 0 spiro atoms. The molecule has 1 aliphatic heterocycles. The summed E-state index contributed by atoms with van der Waals surface area (Å²) in [5.41, 5.74) is 0.251. The highest BCUT2D eigenvalue weighted by Crippen LogP contribution is 2.31. The number of nitrogens with one attached hydrogen (secondary N) is 1. The van der Waals surface area contributed by atoms with Crippen LogP contribution in [0.25, 0.3) is 0 Å². The molecular weight excluding hydrogens is 259 g/mol. The van der Waals surface area contributed by atoms with Crippen molar-refractivity contribution in [3.63, 3.8) is 0 Å². The van der Waals surface area contributed by atoms with Gasteiger partial charge in [0.25, 0.3) is 0 Å². The number of rotatable bonds is 3. The second kappa shape index (κ2) is 5.89. The molecule has 1 aromatic carbocycles. The van der Waals surface area contributed by atoms with Gasteiger partial charge in [-0.1, -0.05) is 12.1 Å². The lowest BCUT2D eigenvalue weighted by molar-refractivity contribution is -0.155. The van der Waals surface area contributed by atoms with Crippen LogP contribution < -0.4 is 5.32 Å². The minimum atomic E-state index is -0.953. The number of halogens is 1. The van der Waals surface area contributed by atoms with E-state index in [1.807, 2.05) is 4.90 Å². The number of nitrogens with zero attached hydrogens (tertiary/aromatic N) is 1. The summed E-state index contributed by atoms with van der Waals surface area (Å²) in [6, 6.07) is 4.94. The molecule has 20 heavy (non-hydrogen) atoms. The molecule has 1 atom stereocenters. The van der Waals surface area contributed by atoms with Crippen LogP contribution in [0.1, 0.15) is 18.1 Å². The van der Waals surface area contributed by atoms with Crippen molar-refractivity contribution in [2.75, 3.05) is 33.3 Å². The number of piperazine rings is 1. The Morgan fingerprint density at radius 3 is 2.60 bits per heavy atom. The summed E-state index contributed by atoms with van der Waals surface area (Å²) in [6.07, 6.45) is 0. The van der Waals surface area contributed by atoms with Gasteiger partial charge in [-0.2, -0.15) is 0 Å². The summed E-state index contributed by atoms with van der Waals surface area (Å²) < 4.78 is 18.8. The molecule has 1 fully saturated rings. The number of ether oxygens (including phenoxy) is 1. The van der Waals surface area contributed by atoms with E-state index >= 15 is 0 Å². The van der Waals surface area contributed by atoms with Crippen molar-refractivity contribution in [2.45, 2.75) is 19.4 Å². The first kappa shape index (κ1) is 14.9. The largest absolute Gasteiger partial charge is 0.467 e. The first-order valence-electron chi connectivity index (χ1n) is 6.81. The number of hydrogen-bond acceptors (Lipinski definition) is 4. The van der Waals surface area contributed by atoms with E-state index in [0.717, 1.165) is 26.2 Å². The Hall–Kier alpha value is -1.46. The quantitative estimate of drug-likeness (QED) is 0.851. The number of benzene rings is 1. The highest BCUT2D eigenvalue weighted by Gasteiger charge is 2.43. The Bertz CT molecular complexity index is 501. The predicted octanol–water partition coefficient (Wildman–Crippen LogP) is 1.43. The van der Waals surface area contributed by atoms with Crippen molar-refractivity contribution in [2.24, 2.45) is 0 Å². The minimum absolute atomic E-state index is 0.298. The van der Waals surface area contributed by atoms with Gasteiger partial charge in [-0.15, -0.1) is 0 Å². The lowest BCUT2D eigenvalue weighted by atomic mass is 9.88. The second-order valence-corrected chi connectivity index (χ2v) is 5.26. The van der Waals surface area contributed by atoms with Gasteiger partial charge in [0, 0.05) is 26.2 Å². The molecule has 110 valence electrons. The van der Waals surface area contributed by atoms with Gasteiger partial charge in [0.05, 0.1) is 7.11 Å². The molecule has 0 aliphatic carbocycles. The molecule has 4 nitrogen and oxygen atoms in total. The normalized spacial score (nSPS) is 19.4. The molecule has 1 saturated heterocycles. The average molecular weight is 280 g/mol. The van der Waals surface area contributed by atoms with Crippen molar-refractivity contribution >= 4 is 5.97 Å². The van der Waals surface area contributed by atoms with E-state index in [4.69, 9.17) is 4.74 Å². The maximum absolute atomic E-state index is 13.9. The first-order valence-corrected chi connectivity index (χ1v) is 6.81. The Morgan fingerprint density at radius 1 is 1.40 bits per heavy atom. The third kappa shape index (κ3) is 2.55. The second-order valence-electron chi connectivity index (χ2n) is 5.26. The van der Waals surface area contributed by atoms with Crippen molar-refractivity contribution in [1.29, 1.82) is 0 Å². The minimum Gasteiger partial charge on any atom is -0.467 e. The van der Waals surface area contributed by atoms with Crippen LogP contribution in [0.15, 0.2) is 18.2 Å². The van der Waals surface area contributed by atoms with Gasteiger partial charge >= 0.3 is 5.97 Å². The van der Waals surface area contributed by atoms with E-state index in [2.05, 4.69) is 5.32 Å². The van der Waals surface area contributed by atoms with Crippen LogP contribution >= 0.6 is 0 Å². The van der Waals surface area contributed by atoms with E-state index in [9.17, 15) is 9.18 Å². The van der Waals surface area contributed by atoms with E-state index in [-0.39, 0.29) is 11.8 Å². The zero-order chi connectivity index (χ0) is 14.8. The van der Waals surface area contributed by atoms with E-state index < -0.39 is 5.54 Å². The van der Waals surface area contributed by atoms with Gasteiger partial charge < -0.3 is 10.1 Å². The lowest BCUT2D eigenvalue weighted by Gasteiger charge is -2.41. The topological polar surface area (TPSA) is 41.6 Å². The number of esters is 1. The van der Waals surface area contributed by atoms with Crippen LogP contribution in [-0.2, 0) is 15.1 Å². The predicted molar refractivity (Wildman–Crippen MR) is 74.9 cm³/mol. The van der Waals surface area contributed by atoms with E-state index in [0.29, 0.717) is 11.1 Å². The zero-order valence-corrected chi connectivity index (χ0v) is 12.2. The SMILES string of the molecule is COC(=O)C(C)(c1ccc(C)c(F)c1)N1CCNCC1. The summed E-state index contributed by atoms with van der Waals surface area (Å²) in [5, 5.41) is 3.25. The fraction of sp³-hybridized carbons (Fsp3) is 0.533. The molecule has 5 heteroatoms. The summed E-state index contributed by atoms with van der Waals surface area (Å²) in [5.74, 6) is -0.657. The van der Waals surface area contributed by atoms with Crippen molar-refractivity contribution in [3.05, 3.63) is 35.1 Å². The Kier molecular flexibility index (Phi) is 4.40. The first-order chi connectivity index (χ1) is 9.50. The van der Waals surface area contributed by atoms with E-state index in [1.54, 1.807) is 26.0 Å². The number of carbonyl (C=O) groups is 1. The molecule has 0 aromatic heterocycles. The smallest absolute Gasteiger partial charge is 0.330 e. The standard InChI is InChI=1S/C15H21FN2O2/c1-11-4-5-12(10-13(11)16)15(2,14(19)20-3)18-8-6-17-7-9-18/h4-5,10,17H,6-9H2,1-3H3. The molecule has 0 bridgehead atoms. The fourth-order valence-electron chi connectivity index (χ4n) is 2.64. The fourth-order valence-corrected chi connectivity index (χ4v) is 2.64. The molecule has 0 amide bonds. The maximum Gasteiger partial charge on any atom is 0.330 e. The van der Waals surface area contributed by atoms with Gasteiger partial charge in [-0.25, -0.2) is 9.18 Å². The number of carbonyl (C=O) groups excluding carboxylic acids is 1. The lowest BCUT2D eigenvalue weighted by Crippen LogP contribution is -2.57. The molecular formula is C15H21FN2O2. The Balaban J connectivity index is 2.44. The highest BCUT2D eigenvalue weighted by atomic mass is 19.1.